The molecule has 1 aliphatic rings. The van der Waals surface area contributed by atoms with E-state index in [9.17, 15) is 18.4 Å². The summed E-state index contributed by atoms with van der Waals surface area (Å²) in [6.07, 6.45) is 0. The number of rotatable bonds is 3. The molecule has 1 heterocycles. The Balaban J connectivity index is 2.37. The molecule has 90 valence electrons. The first-order chi connectivity index (χ1) is 8.09. The molecule has 7 heteroatoms. The summed E-state index contributed by atoms with van der Waals surface area (Å²) < 4.78 is 24.7. The van der Waals surface area contributed by atoms with Crippen molar-refractivity contribution in [2.45, 2.75) is 10.7 Å². The third kappa shape index (κ3) is 2.38. The van der Waals surface area contributed by atoms with Crippen LogP contribution >= 0.6 is 11.8 Å². The second kappa shape index (κ2) is 4.70. The number of imide groups is 1. The number of para-hydroxylation sites is 1. The van der Waals surface area contributed by atoms with Gasteiger partial charge >= 0.3 is 6.03 Å². The maximum atomic E-state index is 12.3. The Morgan fingerprint density at radius 2 is 2.00 bits per heavy atom. The highest BCUT2D eigenvalue weighted by molar-refractivity contribution is 7.99. The lowest BCUT2D eigenvalue weighted by molar-refractivity contribution is -0.115. The summed E-state index contributed by atoms with van der Waals surface area (Å²) in [6.45, 7) is -0.105. The molecule has 0 unspecified atom stereocenters. The number of thioether (sulfide) groups is 1. The lowest BCUT2D eigenvalue weighted by Crippen LogP contribution is -2.31. The summed E-state index contributed by atoms with van der Waals surface area (Å²) in [5.74, 6) is -3.05. The SMILES string of the molecule is O=C1CNC(=O)N1c1ccccc1SC(F)F. The standard InChI is InChI=1S/C10H8F2N2O2S/c11-9(12)17-7-4-2-1-3-6(7)14-8(15)5-13-10(14)16/h1-4,9H,5H2,(H,13,16). The fraction of sp³-hybridized carbons (Fsp3) is 0.200. The first kappa shape index (κ1) is 11.8. The van der Waals surface area contributed by atoms with Crippen LogP contribution < -0.4 is 10.2 Å². The molecule has 0 spiro atoms. The summed E-state index contributed by atoms with van der Waals surface area (Å²) >= 11 is 0.309. The Morgan fingerprint density at radius 3 is 2.59 bits per heavy atom. The Labute approximate surface area is 100.0 Å². The van der Waals surface area contributed by atoms with Crippen LogP contribution in [0.3, 0.4) is 0 Å². The van der Waals surface area contributed by atoms with Gasteiger partial charge in [-0.15, -0.1) is 0 Å². The predicted octanol–water partition coefficient (Wildman–Crippen LogP) is 2.06. The first-order valence-electron chi connectivity index (χ1n) is 4.74. The van der Waals surface area contributed by atoms with E-state index >= 15 is 0 Å². The van der Waals surface area contributed by atoms with E-state index in [0.29, 0.717) is 11.8 Å². The van der Waals surface area contributed by atoms with Crippen LogP contribution in [0.1, 0.15) is 0 Å². The van der Waals surface area contributed by atoms with Crippen molar-refractivity contribution in [1.29, 1.82) is 0 Å². The van der Waals surface area contributed by atoms with Gasteiger partial charge < -0.3 is 5.32 Å². The van der Waals surface area contributed by atoms with Crippen LogP contribution in [0.15, 0.2) is 29.2 Å². The molecule has 1 aliphatic heterocycles. The predicted molar refractivity (Wildman–Crippen MR) is 59.2 cm³/mol. The fourth-order valence-corrected chi connectivity index (χ4v) is 2.13. The second-order valence-electron chi connectivity index (χ2n) is 3.23. The second-order valence-corrected chi connectivity index (χ2v) is 4.27. The van der Waals surface area contributed by atoms with Gasteiger partial charge in [0.25, 0.3) is 11.7 Å². The van der Waals surface area contributed by atoms with E-state index in [4.69, 9.17) is 0 Å². The number of benzene rings is 1. The van der Waals surface area contributed by atoms with Gasteiger partial charge in [-0.1, -0.05) is 23.9 Å². The van der Waals surface area contributed by atoms with Crippen molar-refractivity contribution < 1.29 is 18.4 Å². The van der Waals surface area contributed by atoms with Gasteiger partial charge in [0.15, 0.2) is 0 Å². The largest absolute Gasteiger partial charge is 0.329 e. The van der Waals surface area contributed by atoms with Gasteiger partial charge in [0.1, 0.15) is 0 Å². The van der Waals surface area contributed by atoms with E-state index in [1.54, 1.807) is 12.1 Å². The van der Waals surface area contributed by atoms with Gasteiger partial charge in [0.05, 0.1) is 12.2 Å². The van der Waals surface area contributed by atoms with Crippen molar-refractivity contribution in [2.24, 2.45) is 0 Å². The molecule has 1 aromatic carbocycles. The van der Waals surface area contributed by atoms with Crippen LogP contribution in [-0.2, 0) is 4.79 Å². The normalized spacial score (nSPS) is 15.6. The van der Waals surface area contributed by atoms with Gasteiger partial charge in [0, 0.05) is 4.90 Å². The molecule has 17 heavy (non-hydrogen) atoms. The molecule has 1 fully saturated rings. The molecule has 1 saturated heterocycles. The van der Waals surface area contributed by atoms with E-state index in [1.807, 2.05) is 0 Å². The molecule has 0 aliphatic carbocycles. The number of amides is 3. The number of anilines is 1. The lowest BCUT2D eigenvalue weighted by Gasteiger charge is -2.16. The minimum Gasteiger partial charge on any atom is -0.328 e. The monoisotopic (exact) mass is 258 g/mol. The van der Waals surface area contributed by atoms with E-state index in [1.165, 1.54) is 12.1 Å². The van der Waals surface area contributed by atoms with Crippen LogP contribution in [0.5, 0.6) is 0 Å². The first-order valence-corrected chi connectivity index (χ1v) is 5.62. The highest BCUT2D eigenvalue weighted by Crippen LogP contribution is 2.34. The number of alkyl halides is 2. The molecule has 0 atom stereocenters. The molecule has 2 rings (SSSR count). The Bertz CT molecular complexity index is 451. The quantitative estimate of drug-likeness (QED) is 0.667. The summed E-state index contributed by atoms with van der Waals surface area (Å²) in [5, 5.41) is 2.34. The number of hydrogen-bond donors (Lipinski definition) is 1. The van der Waals surface area contributed by atoms with Crippen LogP contribution in [0.4, 0.5) is 19.3 Å². The summed E-state index contributed by atoms with van der Waals surface area (Å²) in [5.41, 5.74) is 0.192. The topological polar surface area (TPSA) is 49.4 Å². The summed E-state index contributed by atoms with van der Waals surface area (Å²) in [6, 6.07) is 5.49. The van der Waals surface area contributed by atoms with E-state index in [0.717, 1.165) is 4.90 Å². The van der Waals surface area contributed by atoms with Crippen molar-refractivity contribution in [3.8, 4) is 0 Å². The molecular weight excluding hydrogens is 250 g/mol. The zero-order chi connectivity index (χ0) is 12.4. The zero-order valence-electron chi connectivity index (χ0n) is 8.52. The van der Waals surface area contributed by atoms with Crippen LogP contribution in [0.25, 0.3) is 0 Å². The zero-order valence-corrected chi connectivity index (χ0v) is 9.34. The number of urea groups is 1. The van der Waals surface area contributed by atoms with Crippen molar-refractivity contribution in [2.75, 3.05) is 11.4 Å². The van der Waals surface area contributed by atoms with Crippen molar-refractivity contribution >= 4 is 29.4 Å². The average Bonchev–Trinajstić information content (AvgIpc) is 2.59. The Kier molecular flexibility index (Phi) is 3.28. The van der Waals surface area contributed by atoms with Crippen molar-refractivity contribution in [1.82, 2.24) is 5.32 Å². The number of carbonyl (C=O) groups excluding carboxylic acids is 2. The molecule has 3 amide bonds. The van der Waals surface area contributed by atoms with Gasteiger partial charge in [-0.2, -0.15) is 8.78 Å². The maximum absolute atomic E-state index is 12.3. The number of carbonyl (C=O) groups is 2. The van der Waals surface area contributed by atoms with Crippen molar-refractivity contribution in [3.05, 3.63) is 24.3 Å². The lowest BCUT2D eigenvalue weighted by atomic mass is 10.3. The van der Waals surface area contributed by atoms with Crippen LogP contribution in [0.2, 0.25) is 0 Å². The van der Waals surface area contributed by atoms with Crippen molar-refractivity contribution in [3.63, 3.8) is 0 Å². The van der Waals surface area contributed by atoms with Gasteiger partial charge in [-0.3, -0.25) is 4.79 Å². The number of halogens is 2. The number of hydrogen-bond acceptors (Lipinski definition) is 3. The summed E-state index contributed by atoms with van der Waals surface area (Å²) in [4.78, 5) is 24.0. The third-order valence-electron chi connectivity index (χ3n) is 2.17. The fourth-order valence-electron chi connectivity index (χ4n) is 1.50. The highest BCUT2D eigenvalue weighted by atomic mass is 32.2. The minimum absolute atomic E-state index is 0.105. The van der Waals surface area contributed by atoms with Gasteiger partial charge in [-0.25, -0.2) is 9.69 Å². The molecule has 1 aromatic rings. The molecule has 1 N–H and O–H groups in total. The molecule has 0 radical (unpaired) electrons. The van der Waals surface area contributed by atoms with Gasteiger partial charge in [-0.05, 0) is 12.1 Å². The number of nitrogens with zero attached hydrogens (tertiary/aromatic N) is 1. The van der Waals surface area contributed by atoms with E-state index < -0.39 is 17.7 Å². The minimum atomic E-state index is -2.60. The highest BCUT2D eigenvalue weighted by Gasteiger charge is 2.31. The molecule has 0 saturated carbocycles. The number of nitrogens with one attached hydrogen (secondary N) is 1. The van der Waals surface area contributed by atoms with E-state index in [2.05, 4.69) is 5.32 Å². The molecule has 0 aromatic heterocycles. The third-order valence-corrected chi connectivity index (χ3v) is 2.94. The molecule has 4 nitrogen and oxygen atoms in total. The van der Waals surface area contributed by atoms with E-state index in [-0.39, 0.29) is 17.1 Å². The van der Waals surface area contributed by atoms with Crippen LogP contribution in [-0.4, -0.2) is 24.2 Å². The molecular formula is C10H8F2N2O2S. The summed E-state index contributed by atoms with van der Waals surface area (Å²) in [7, 11) is 0. The smallest absolute Gasteiger partial charge is 0.328 e. The Hall–Kier alpha value is -1.63. The van der Waals surface area contributed by atoms with Crippen LogP contribution in [0, 0.1) is 0 Å². The molecule has 0 bridgehead atoms. The Morgan fingerprint density at radius 1 is 1.29 bits per heavy atom. The average molecular weight is 258 g/mol. The van der Waals surface area contributed by atoms with Gasteiger partial charge in [0.2, 0.25) is 0 Å². The maximum Gasteiger partial charge on any atom is 0.329 e.